The van der Waals surface area contributed by atoms with Crippen LogP contribution in [-0.4, -0.2) is 35.1 Å². The fraction of sp³-hybridized carbons (Fsp3) is 0.529. The summed E-state index contributed by atoms with van der Waals surface area (Å²) in [5.74, 6) is 1.06. The second-order valence-corrected chi connectivity index (χ2v) is 6.91. The number of hydrogen-bond donors (Lipinski definition) is 1. The van der Waals surface area contributed by atoms with Crippen LogP contribution in [0.5, 0.6) is 0 Å². The predicted octanol–water partition coefficient (Wildman–Crippen LogP) is 3.08. The van der Waals surface area contributed by atoms with E-state index < -0.39 is 0 Å². The van der Waals surface area contributed by atoms with E-state index in [1.165, 1.54) is 11.3 Å². The van der Waals surface area contributed by atoms with Gasteiger partial charge >= 0.3 is 0 Å². The van der Waals surface area contributed by atoms with Crippen LogP contribution in [0.25, 0.3) is 0 Å². The Hall–Kier alpha value is -1.66. The first-order valence-corrected chi connectivity index (χ1v) is 9.15. The van der Waals surface area contributed by atoms with Gasteiger partial charge in [-0.25, -0.2) is 0 Å². The molecule has 3 heterocycles. The molecule has 0 spiro atoms. The smallest absolute Gasteiger partial charge is 0.263 e. The van der Waals surface area contributed by atoms with Gasteiger partial charge < -0.3 is 14.7 Å². The number of amides is 1. The highest BCUT2D eigenvalue weighted by Gasteiger charge is 2.24. The first-order chi connectivity index (χ1) is 11.3. The minimum Gasteiger partial charge on any atom is -0.360 e. The molecule has 6 heteroatoms. The minimum absolute atomic E-state index is 0.165. The molecule has 5 nitrogen and oxygen atoms in total. The molecule has 1 saturated heterocycles. The summed E-state index contributed by atoms with van der Waals surface area (Å²) in [6, 6.07) is 6.29. The third-order valence-electron chi connectivity index (χ3n) is 4.19. The first kappa shape index (κ1) is 16.2. The zero-order valence-electron chi connectivity index (χ0n) is 13.5. The molecule has 23 heavy (non-hydrogen) atoms. The van der Waals surface area contributed by atoms with Gasteiger partial charge in [-0.2, -0.15) is 0 Å². The van der Waals surface area contributed by atoms with Crippen LogP contribution in [0.3, 0.4) is 0 Å². The molecular weight excluding hydrogens is 310 g/mol. The number of thiophene rings is 1. The van der Waals surface area contributed by atoms with Gasteiger partial charge in [-0.15, -0.1) is 11.3 Å². The molecule has 0 aliphatic carbocycles. The van der Waals surface area contributed by atoms with Gasteiger partial charge in [0.15, 0.2) is 5.76 Å². The van der Waals surface area contributed by atoms with Gasteiger partial charge in [0.2, 0.25) is 0 Å². The van der Waals surface area contributed by atoms with Crippen molar-refractivity contribution in [3.63, 3.8) is 0 Å². The first-order valence-electron chi connectivity index (χ1n) is 8.27. The monoisotopic (exact) mass is 333 g/mol. The summed E-state index contributed by atoms with van der Waals surface area (Å²) >= 11 is 1.51. The lowest BCUT2D eigenvalue weighted by Crippen LogP contribution is -2.44. The lowest BCUT2D eigenvalue weighted by molar-refractivity contribution is 0.0709. The van der Waals surface area contributed by atoms with Crippen molar-refractivity contribution in [1.82, 2.24) is 15.4 Å². The SMILES string of the molecule is CCCc1cc(CNC2CCN(C(=O)c3cccs3)CC2)on1. The van der Waals surface area contributed by atoms with Crippen LogP contribution >= 0.6 is 11.3 Å². The number of piperidine rings is 1. The van der Waals surface area contributed by atoms with E-state index in [2.05, 4.69) is 17.4 Å². The van der Waals surface area contributed by atoms with Crippen molar-refractivity contribution in [3.8, 4) is 0 Å². The van der Waals surface area contributed by atoms with Crippen LogP contribution in [0.2, 0.25) is 0 Å². The molecule has 2 aromatic heterocycles. The molecule has 1 amide bonds. The number of aryl methyl sites for hydroxylation is 1. The standard InChI is InChI=1S/C17H23N3O2S/c1-2-4-14-11-15(22-19-14)12-18-13-6-8-20(9-7-13)17(21)16-5-3-10-23-16/h3,5,10-11,13,18H,2,4,6-9,12H2,1H3. The van der Waals surface area contributed by atoms with Gasteiger partial charge in [-0.3, -0.25) is 4.79 Å². The molecule has 1 aliphatic heterocycles. The molecule has 0 saturated carbocycles. The van der Waals surface area contributed by atoms with E-state index in [1.54, 1.807) is 0 Å². The summed E-state index contributed by atoms with van der Waals surface area (Å²) in [6.07, 6.45) is 4.00. The molecule has 1 fully saturated rings. The largest absolute Gasteiger partial charge is 0.360 e. The summed E-state index contributed by atoms with van der Waals surface area (Å²) in [6.45, 7) is 4.47. The molecule has 124 valence electrons. The third kappa shape index (κ3) is 4.20. The van der Waals surface area contributed by atoms with E-state index in [0.29, 0.717) is 12.6 Å². The lowest BCUT2D eigenvalue weighted by atomic mass is 10.0. The van der Waals surface area contributed by atoms with Gasteiger partial charge in [-0.05, 0) is 30.7 Å². The maximum atomic E-state index is 12.3. The number of likely N-dealkylation sites (tertiary alicyclic amines) is 1. The van der Waals surface area contributed by atoms with Crippen LogP contribution in [0.1, 0.15) is 47.3 Å². The average molecular weight is 333 g/mol. The quantitative estimate of drug-likeness (QED) is 0.882. The normalized spacial score (nSPS) is 16.0. The molecule has 3 rings (SSSR count). The summed E-state index contributed by atoms with van der Waals surface area (Å²) in [7, 11) is 0. The fourth-order valence-corrected chi connectivity index (χ4v) is 3.59. The van der Waals surface area contributed by atoms with E-state index in [0.717, 1.165) is 55.1 Å². The Balaban J connectivity index is 1.43. The number of nitrogens with zero attached hydrogens (tertiary/aromatic N) is 2. The number of nitrogens with one attached hydrogen (secondary N) is 1. The van der Waals surface area contributed by atoms with Gasteiger partial charge in [0.05, 0.1) is 17.1 Å². The molecule has 1 aliphatic rings. The predicted molar refractivity (Wildman–Crippen MR) is 90.6 cm³/mol. The molecule has 1 N–H and O–H groups in total. The highest BCUT2D eigenvalue weighted by Crippen LogP contribution is 2.17. The van der Waals surface area contributed by atoms with Crippen molar-refractivity contribution in [1.29, 1.82) is 0 Å². The van der Waals surface area contributed by atoms with Gasteiger partial charge in [0.25, 0.3) is 5.91 Å². The van der Waals surface area contributed by atoms with Crippen LogP contribution in [0.4, 0.5) is 0 Å². The van der Waals surface area contributed by atoms with E-state index in [-0.39, 0.29) is 5.91 Å². The van der Waals surface area contributed by atoms with Crippen molar-refractivity contribution in [2.24, 2.45) is 0 Å². The zero-order chi connectivity index (χ0) is 16.1. The molecule has 0 atom stereocenters. The topological polar surface area (TPSA) is 58.4 Å². The molecule has 0 bridgehead atoms. The van der Waals surface area contributed by atoms with Crippen LogP contribution < -0.4 is 5.32 Å². The molecule has 0 aromatic carbocycles. The fourth-order valence-electron chi connectivity index (χ4n) is 2.90. The van der Waals surface area contributed by atoms with Crippen molar-refractivity contribution < 1.29 is 9.32 Å². The van der Waals surface area contributed by atoms with Crippen LogP contribution in [0, 0.1) is 0 Å². The maximum absolute atomic E-state index is 12.3. The summed E-state index contributed by atoms with van der Waals surface area (Å²) in [5, 5.41) is 9.54. The van der Waals surface area contributed by atoms with Gasteiger partial charge in [0.1, 0.15) is 0 Å². The Bertz CT molecular complexity index is 616. The third-order valence-corrected chi connectivity index (χ3v) is 5.05. The van der Waals surface area contributed by atoms with Gasteiger partial charge in [0, 0.05) is 25.2 Å². The van der Waals surface area contributed by atoms with Crippen molar-refractivity contribution in [2.75, 3.05) is 13.1 Å². The van der Waals surface area contributed by atoms with Crippen molar-refractivity contribution in [3.05, 3.63) is 39.9 Å². The highest BCUT2D eigenvalue weighted by atomic mass is 32.1. The summed E-state index contributed by atoms with van der Waals surface area (Å²) in [5.41, 5.74) is 1.03. The Morgan fingerprint density at radius 1 is 1.48 bits per heavy atom. The molecule has 0 radical (unpaired) electrons. The van der Waals surface area contributed by atoms with Gasteiger partial charge in [-0.1, -0.05) is 24.6 Å². The maximum Gasteiger partial charge on any atom is 0.263 e. The van der Waals surface area contributed by atoms with Crippen molar-refractivity contribution in [2.45, 2.75) is 45.2 Å². The number of rotatable bonds is 6. The average Bonchev–Trinajstić information content (AvgIpc) is 3.25. The number of aromatic nitrogens is 1. The van der Waals surface area contributed by atoms with Crippen LogP contribution in [-0.2, 0) is 13.0 Å². The number of carbonyl (C=O) groups excluding carboxylic acids is 1. The molecule has 2 aromatic rings. The lowest BCUT2D eigenvalue weighted by Gasteiger charge is -2.32. The van der Waals surface area contributed by atoms with Crippen LogP contribution in [0.15, 0.2) is 28.1 Å². The van der Waals surface area contributed by atoms with Crippen molar-refractivity contribution >= 4 is 17.2 Å². The Labute approximate surface area is 140 Å². The van der Waals surface area contributed by atoms with E-state index in [1.807, 2.05) is 28.5 Å². The molecular formula is C17H23N3O2S. The minimum atomic E-state index is 0.165. The zero-order valence-corrected chi connectivity index (χ0v) is 14.3. The Morgan fingerprint density at radius 3 is 3.00 bits per heavy atom. The number of hydrogen-bond acceptors (Lipinski definition) is 5. The second kappa shape index (κ2) is 7.75. The van der Waals surface area contributed by atoms with E-state index in [4.69, 9.17) is 4.52 Å². The second-order valence-electron chi connectivity index (χ2n) is 5.96. The summed E-state index contributed by atoms with van der Waals surface area (Å²) in [4.78, 5) is 15.1. The Morgan fingerprint density at radius 2 is 2.30 bits per heavy atom. The van der Waals surface area contributed by atoms with E-state index >= 15 is 0 Å². The van der Waals surface area contributed by atoms with E-state index in [9.17, 15) is 4.79 Å². The Kier molecular flexibility index (Phi) is 5.46. The summed E-state index contributed by atoms with van der Waals surface area (Å²) < 4.78 is 5.34. The molecule has 0 unspecified atom stereocenters. The highest BCUT2D eigenvalue weighted by molar-refractivity contribution is 7.12. The number of carbonyl (C=O) groups is 1.